The van der Waals surface area contributed by atoms with Gasteiger partial charge < -0.3 is 10.4 Å². The molecule has 0 aliphatic heterocycles. The van der Waals surface area contributed by atoms with Crippen LogP contribution in [0, 0.1) is 11.8 Å². The van der Waals surface area contributed by atoms with Gasteiger partial charge in [0.25, 0.3) is 0 Å². The van der Waals surface area contributed by atoms with Gasteiger partial charge in [0.15, 0.2) is 0 Å². The Morgan fingerprint density at radius 2 is 1.79 bits per heavy atom. The molecule has 0 aromatic heterocycles. The van der Waals surface area contributed by atoms with Crippen LogP contribution in [0.4, 0.5) is 0 Å². The van der Waals surface area contributed by atoms with E-state index in [4.69, 9.17) is 0 Å². The van der Waals surface area contributed by atoms with E-state index in [0.29, 0.717) is 6.04 Å². The van der Waals surface area contributed by atoms with E-state index in [0.717, 1.165) is 24.3 Å². The molecular formula is C12H21NO. The predicted octanol–water partition coefficient (Wildman–Crippen LogP) is 1.68. The maximum Gasteiger partial charge on any atom is 0.0693 e. The Bertz CT molecular complexity index is 218. The summed E-state index contributed by atoms with van der Waals surface area (Å²) >= 11 is 0. The zero-order valence-electron chi connectivity index (χ0n) is 8.78. The first-order chi connectivity index (χ1) is 6.84. The molecule has 2 nitrogen and oxygen atoms in total. The van der Waals surface area contributed by atoms with E-state index in [2.05, 4.69) is 5.32 Å². The highest BCUT2D eigenvalue weighted by molar-refractivity contribution is 5.02. The van der Waals surface area contributed by atoms with Gasteiger partial charge in [-0.3, -0.25) is 0 Å². The maximum atomic E-state index is 9.87. The molecular weight excluding hydrogens is 174 g/mol. The molecule has 14 heavy (non-hydrogen) atoms. The fourth-order valence-electron chi connectivity index (χ4n) is 3.49. The lowest BCUT2D eigenvalue weighted by Crippen LogP contribution is -2.47. The lowest BCUT2D eigenvalue weighted by molar-refractivity contribution is 0.0836. The van der Waals surface area contributed by atoms with Crippen molar-refractivity contribution in [1.29, 1.82) is 0 Å². The smallest absolute Gasteiger partial charge is 0.0693 e. The Kier molecular flexibility index (Phi) is 2.29. The molecule has 3 aliphatic rings. The van der Waals surface area contributed by atoms with Crippen LogP contribution in [-0.4, -0.2) is 23.3 Å². The number of aliphatic hydroxyl groups is 1. The Balaban J connectivity index is 1.55. The first-order valence-corrected chi connectivity index (χ1v) is 6.29. The summed E-state index contributed by atoms with van der Waals surface area (Å²) in [5.41, 5.74) is 0. The van der Waals surface area contributed by atoms with Crippen molar-refractivity contribution in [2.75, 3.05) is 0 Å². The second kappa shape index (κ2) is 3.49. The van der Waals surface area contributed by atoms with Gasteiger partial charge in [-0.15, -0.1) is 0 Å². The molecule has 1 unspecified atom stereocenters. The van der Waals surface area contributed by atoms with Gasteiger partial charge in [0.2, 0.25) is 0 Å². The third-order valence-electron chi connectivity index (χ3n) is 4.50. The molecule has 2 heteroatoms. The standard InChI is InChI=1S/C12H21NO/c14-12-4-2-1-3-11(12)13-10-6-5-8-7-9(8)10/h8-14H,1-7H2/t8-,9+,10?,11+,12+/m0/s1. The number of hydrogen-bond donors (Lipinski definition) is 2. The van der Waals surface area contributed by atoms with Crippen LogP contribution in [0.15, 0.2) is 0 Å². The highest BCUT2D eigenvalue weighted by atomic mass is 16.3. The summed E-state index contributed by atoms with van der Waals surface area (Å²) in [4.78, 5) is 0. The van der Waals surface area contributed by atoms with Crippen LogP contribution in [0.1, 0.15) is 44.9 Å². The Hall–Kier alpha value is -0.0800. The van der Waals surface area contributed by atoms with Crippen LogP contribution in [0.25, 0.3) is 0 Å². The molecule has 3 fully saturated rings. The molecule has 0 amide bonds. The molecule has 0 radical (unpaired) electrons. The molecule has 0 aromatic rings. The minimum absolute atomic E-state index is 0.0680. The van der Waals surface area contributed by atoms with E-state index in [1.807, 2.05) is 0 Å². The van der Waals surface area contributed by atoms with Gasteiger partial charge >= 0.3 is 0 Å². The van der Waals surface area contributed by atoms with Gasteiger partial charge in [-0.05, 0) is 43.9 Å². The number of rotatable bonds is 2. The SMILES string of the molecule is O[C@@H]1CCCC[C@H]1NC1CC[C@H]2C[C@@H]12. The highest BCUT2D eigenvalue weighted by Gasteiger charge is 2.48. The van der Waals surface area contributed by atoms with Crippen molar-refractivity contribution in [3.8, 4) is 0 Å². The summed E-state index contributed by atoms with van der Waals surface area (Å²) in [5.74, 6) is 2.03. The molecule has 0 bridgehead atoms. The van der Waals surface area contributed by atoms with E-state index in [9.17, 15) is 5.11 Å². The second-order valence-corrected chi connectivity index (χ2v) is 5.47. The predicted molar refractivity (Wildman–Crippen MR) is 56.0 cm³/mol. The fourth-order valence-corrected chi connectivity index (χ4v) is 3.49. The molecule has 2 N–H and O–H groups in total. The lowest BCUT2D eigenvalue weighted by atomic mass is 9.91. The van der Waals surface area contributed by atoms with Crippen LogP contribution in [0.3, 0.4) is 0 Å². The van der Waals surface area contributed by atoms with E-state index in [1.165, 1.54) is 38.5 Å². The molecule has 0 heterocycles. The zero-order chi connectivity index (χ0) is 9.54. The van der Waals surface area contributed by atoms with Crippen LogP contribution in [0.5, 0.6) is 0 Å². The quantitative estimate of drug-likeness (QED) is 0.702. The normalized spacial score (nSPS) is 51.6. The molecule has 3 saturated carbocycles. The molecule has 0 spiro atoms. The van der Waals surface area contributed by atoms with E-state index >= 15 is 0 Å². The van der Waals surface area contributed by atoms with Gasteiger partial charge in [-0.2, -0.15) is 0 Å². The molecule has 3 aliphatic carbocycles. The zero-order valence-corrected chi connectivity index (χ0v) is 8.78. The van der Waals surface area contributed by atoms with Gasteiger partial charge in [0.05, 0.1) is 6.10 Å². The van der Waals surface area contributed by atoms with Gasteiger partial charge in [-0.1, -0.05) is 12.8 Å². The Labute approximate surface area is 86.1 Å². The van der Waals surface area contributed by atoms with Crippen LogP contribution in [0.2, 0.25) is 0 Å². The average Bonchev–Trinajstić information content (AvgIpc) is 2.87. The average molecular weight is 195 g/mol. The summed E-state index contributed by atoms with van der Waals surface area (Å²) in [6.07, 6.45) is 8.91. The summed E-state index contributed by atoms with van der Waals surface area (Å²) in [6, 6.07) is 1.16. The third kappa shape index (κ3) is 1.59. The summed E-state index contributed by atoms with van der Waals surface area (Å²) < 4.78 is 0. The van der Waals surface area contributed by atoms with E-state index in [-0.39, 0.29) is 6.10 Å². The van der Waals surface area contributed by atoms with Crippen molar-refractivity contribution in [3.05, 3.63) is 0 Å². The second-order valence-electron chi connectivity index (χ2n) is 5.47. The Morgan fingerprint density at radius 1 is 0.929 bits per heavy atom. The van der Waals surface area contributed by atoms with Gasteiger partial charge in [-0.25, -0.2) is 0 Å². The van der Waals surface area contributed by atoms with Crippen molar-refractivity contribution in [2.45, 2.75) is 63.1 Å². The molecule has 80 valence electrons. The van der Waals surface area contributed by atoms with Crippen molar-refractivity contribution in [1.82, 2.24) is 5.32 Å². The van der Waals surface area contributed by atoms with E-state index < -0.39 is 0 Å². The first-order valence-electron chi connectivity index (χ1n) is 6.29. The number of hydrogen-bond acceptors (Lipinski definition) is 2. The van der Waals surface area contributed by atoms with Crippen molar-refractivity contribution in [2.24, 2.45) is 11.8 Å². The third-order valence-corrected chi connectivity index (χ3v) is 4.50. The van der Waals surface area contributed by atoms with Crippen LogP contribution >= 0.6 is 0 Å². The monoisotopic (exact) mass is 195 g/mol. The number of nitrogens with one attached hydrogen (secondary N) is 1. The summed E-state index contributed by atoms with van der Waals surface area (Å²) in [6.45, 7) is 0. The summed E-state index contributed by atoms with van der Waals surface area (Å²) in [5, 5.41) is 13.6. The molecule has 5 atom stereocenters. The molecule has 0 saturated heterocycles. The number of fused-ring (bicyclic) bond motifs is 1. The number of aliphatic hydroxyl groups excluding tert-OH is 1. The van der Waals surface area contributed by atoms with Gasteiger partial charge in [0, 0.05) is 12.1 Å². The van der Waals surface area contributed by atoms with Gasteiger partial charge in [0.1, 0.15) is 0 Å². The van der Waals surface area contributed by atoms with Crippen LogP contribution < -0.4 is 5.32 Å². The highest BCUT2D eigenvalue weighted by Crippen LogP contribution is 2.52. The van der Waals surface area contributed by atoms with Crippen molar-refractivity contribution >= 4 is 0 Å². The molecule has 0 aromatic carbocycles. The van der Waals surface area contributed by atoms with E-state index in [1.54, 1.807) is 0 Å². The van der Waals surface area contributed by atoms with Crippen LogP contribution in [-0.2, 0) is 0 Å². The first kappa shape index (κ1) is 9.17. The minimum Gasteiger partial charge on any atom is -0.392 e. The Morgan fingerprint density at radius 3 is 2.43 bits per heavy atom. The summed E-state index contributed by atoms with van der Waals surface area (Å²) in [7, 11) is 0. The van der Waals surface area contributed by atoms with Crippen molar-refractivity contribution in [3.63, 3.8) is 0 Å². The largest absolute Gasteiger partial charge is 0.392 e. The lowest BCUT2D eigenvalue weighted by Gasteiger charge is -2.31. The maximum absolute atomic E-state index is 9.87. The molecule has 3 rings (SSSR count). The fraction of sp³-hybridized carbons (Fsp3) is 1.00. The topological polar surface area (TPSA) is 32.3 Å². The van der Waals surface area contributed by atoms with Crippen molar-refractivity contribution < 1.29 is 5.11 Å². The minimum atomic E-state index is -0.0680.